The molecule has 0 amide bonds. The molecule has 3 saturated carbocycles. The van der Waals surface area contributed by atoms with Crippen LogP contribution in [0.1, 0.15) is 64.2 Å². The second-order valence-electron chi connectivity index (χ2n) is 4.88. The van der Waals surface area contributed by atoms with Crippen molar-refractivity contribution in [2.45, 2.75) is 64.2 Å². The molecular weight excluding hydrogens is 144 g/mol. The summed E-state index contributed by atoms with van der Waals surface area (Å²) in [5, 5.41) is 0. The smallest absolute Gasteiger partial charge is 0.0414 e. The third-order valence-corrected chi connectivity index (χ3v) is 3.94. The maximum atomic E-state index is 1.56. The van der Waals surface area contributed by atoms with E-state index in [4.69, 9.17) is 0 Å². The van der Waals surface area contributed by atoms with Gasteiger partial charge in [-0.15, -0.1) is 0 Å². The molecule has 0 aromatic carbocycles. The van der Waals surface area contributed by atoms with Gasteiger partial charge in [-0.05, 0) is 11.8 Å². The summed E-state index contributed by atoms with van der Waals surface area (Å²) in [4.78, 5) is 0. The summed E-state index contributed by atoms with van der Waals surface area (Å²) in [7, 11) is 0. The van der Waals surface area contributed by atoms with Crippen LogP contribution >= 0.6 is 0 Å². The van der Waals surface area contributed by atoms with Gasteiger partial charge in [0.15, 0.2) is 0 Å². The Hall–Kier alpha value is 0. The Bertz CT molecular complexity index is 98.5. The van der Waals surface area contributed by atoms with Gasteiger partial charge in [0.1, 0.15) is 0 Å². The molecule has 3 rings (SSSR count). The van der Waals surface area contributed by atoms with E-state index in [1.165, 1.54) is 25.7 Å². The third kappa shape index (κ3) is 2.24. The molecule has 0 heteroatoms. The molecule has 0 radical (unpaired) electrons. The molecule has 0 N–H and O–H groups in total. The largest absolute Gasteiger partial charge is 0.0533 e. The standard InChI is InChI=1S/C12H22/c1-2-4-6-12-9-7-11(5-3-1)8-10-12/h11-12H,1-10H2. The van der Waals surface area contributed by atoms with Gasteiger partial charge in [-0.25, -0.2) is 0 Å². The van der Waals surface area contributed by atoms with Gasteiger partial charge < -0.3 is 0 Å². The van der Waals surface area contributed by atoms with Crippen molar-refractivity contribution in [2.75, 3.05) is 0 Å². The van der Waals surface area contributed by atoms with E-state index >= 15 is 0 Å². The molecule has 0 spiro atoms. The van der Waals surface area contributed by atoms with Crippen LogP contribution in [0.25, 0.3) is 0 Å². The summed E-state index contributed by atoms with van der Waals surface area (Å²) < 4.78 is 0. The Kier molecular flexibility index (Phi) is 3.08. The first kappa shape index (κ1) is 8.59. The third-order valence-electron chi connectivity index (χ3n) is 3.94. The van der Waals surface area contributed by atoms with Crippen molar-refractivity contribution in [3.8, 4) is 0 Å². The highest BCUT2D eigenvalue weighted by molar-refractivity contribution is 4.73. The molecule has 3 aliphatic rings. The van der Waals surface area contributed by atoms with Gasteiger partial charge in [0.25, 0.3) is 0 Å². The normalized spacial score (nSPS) is 38.0. The van der Waals surface area contributed by atoms with Gasteiger partial charge in [-0.3, -0.25) is 0 Å². The lowest BCUT2D eigenvalue weighted by Crippen LogP contribution is -2.15. The Morgan fingerprint density at radius 3 is 1.25 bits per heavy atom. The molecule has 3 fully saturated rings. The first-order valence-electron chi connectivity index (χ1n) is 5.95. The van der Waals surface area contributed by atoms with Crippen LogP contribution in [0.4, 0.5) is 0 Å². The van der Waals surface area contributed by atoms with Crippen LogP contribution < -0.4 is 0 Å². The summed E-state index contributed by atoms with van der Waals surface area (Å²) in [6.45, 7) is 0. The van der Waals surface area contributed by atoms with Crippen LogP contribution in [-0.4, -0.2) is 0 Å². The average Bonchev–Trinajstić information content (AvgIpc) is 2.16. The van der Waals surface area contributed by atoms with E-state index in [1.54, 1.807) is 38.5 Å². The number of fused-ring (bicyclic) bond motifs is 7. The molecule has 0 unspecified atom stereocenters. The molecule has 2 bridgehead atoms. The van der Waals surface area contributed by atoms with E-state index in [-0.39, 0.29) is 0 Å². The summed E-state index contributed by atoms with van der Waals surface area (Å²) in [6.07, 6.45) is 15.4. The summed E-state index contributed by atoms with van der Waals surface area (Å²) in [5.41, 5.74) is 0. The van der Waals surface area contributed by atoms with Crippen LogP contribution in [0.3, 0.4) is 0 Å². The van der Waals surface area contributed by atoms with Gasteiger partial charge in [0.05, 0.1) is 0 Å². The van der Waals surface area contributed by atoms with Crippen molar-refractivity contribution in [3.63, 3.8) is 0 Å². The summed E-state index contributed by atoms with van der Waals surface area (Å²) >= 11 is 0. The second-order valence-corrected chi connectivity index (χ2v) is 4.88. The van der Waals surface area contributed by atoms with E-state index < -0.39 is 0 Å². The zero-order chi connectivity index (χ0) is 8.23. The van der Waals surface area contributed by atoms with Crippen LogP contribution in [0.15, 0.2) is 0 Å². The number of rotatable bonds is 0. The fraction of sp³-hybridized carbons (Fsp3) is 1.00. The van der Waals surface area contributed by atoms with E-state index in [1.807, 2.05) is 0 Å². The summed E-state index contributed by atoms with van der Waals surface area (Å²) in [6, 6.07) is 0. The van der Waals surface area contributed by atoms with Crippen molar-refractivity contribution in [2.24, 2.45) is 11.8 Å². The molecule has 0 aromatic heterocycles. The molecule has 0 aromatic rings. The van der Waals surface area contributed by atoms with E-state index in [9.17, 15) is 0 Å². The molecule has 0 atom stereocenters. The van der Waals surface area contributed by atoms with Crippen molar-refractivity contribution in [1.82, 2.24) is 0 Å². The summed E-state index contributed by atoms with van der Waals surface area (Å²) in [5.74, 6) is 2.25. The van der Waals surface area contributed by atoms with Gasteiger partial charge in [-0.1, -0.05) is 64.2 Å². The highest BCUT2D eigenvalue weighted by Gasteiger charge is 2.21. The molecule has 0 aliphatic heterocycles. The minimum Gasteiger partial charge on any atom is -0.0533 e. The van der Waals surface area contributed by atoms with Crippen LogP contribution in [0, 0.1) is 11.8 Å². The SMILES string of the molecule is C1CCCC2CCC(CC1)CC2. The first-order chi connectivity index (χ1) is 5.95. The Labute approximate surface area is 76.7 Å². The molecule has 12 heavy (non-hydrogen) atoms. The van der Waals surface area contributed by atoms with Crippen LogP contribution in [-0.2, 0) is 0 Å². The van der Waals surface area contributed by atoms with Gasteiger partial charge in [-0.2, -0.15) is 0 Å². The predicted molar refractivity (Wildman–Crippen MR) is 53.2 cm³/mol. The van der Waals surface area contributed by atoms with E-state index in [2.05, 4.69) is 0 Å². The maximum absolute atomic E-state index is 1.56. The minimum atomic E-state index is 1.12. The first-order valence-corrected chi connectivity index (χ1v) is 5.95. The molecule has 0 heterocycles. The minimum absolute atomic E-state index is 1.12. The van der Waals surface area contributed by atoms with Gasteiger partial charge in [0, 0.05) is 0 Å². The highest BCUT2D eigenvalue weighted by Crippen LogP contribution is 2.35. The monoisotopic (exact) mass is 166 g/mol. The van der Waals surface area contributed by atoms with E-state index in [0.29, 0.717) is 0 Å². The Morgan fingerprint density at radius 2 is 0.833 bits per heavy atom. The maximum Gasteiger partial charge on any atom is -0.0414 e. The van der Waals surface area contributed by atoms with Crippen molar-refractivity contribution in [3.05, 3.63) is 0 Å². The molecule has 0 nitrogen and oxygen atoms in total. The van der Waals surface area contributed by atoms with Crippen molar-refractivity contribution in [1.29, 1.82) is 0 Å². The zero-order valence-corrected chi connectivity index (χ0v) is 8.23. The Morgan fingerprint density at radius 1 is 0.417 bits per heavy atom. The average molecular weight is 166 g/mol. The molecular formula is C12H22. The molecule has 3 aliphatic carbocycles. The van der Waals surface area contributed by atoms with Crippen LogP contribution in [0.5, 0.6) is 0 Å². The number of hydrogen-bond donors (Lipinski definition) is 0. The van der Waals surface area contributed by atoms with Crippen molar-refractivity contribution >= 4 is 0 Å². The van der Waals surface area contributed by atoms with Crippen molar-refractivity contribution < 1.29 is 0 Å². The molecule has 0 saturated heterocycles. The topological polar surface area (TPSA) is 0 Å². The molecule has 70 valence electrons. The Balaban J connectivity index is 1.86. The van der Waals surface area contributed by atoms with E-state index in [0.717, 1.165) is 11.8 Å². The predicted octanol–water partition coefficient (Wildman–Crippen LogP) is 4.15. The fourth-order valence-electron chi connectivity index (χ4n) is 3.03. The van der Waals surface area contributed by atoms with Gasteiger partial charge in [0.2, 0.25) is 0 Å². The highest BCUT2D eigenvalue weighted by atomic mass is 14.3. The van der Waals surface area contributed by atoms with Gasteiger partial charge >= 0.3 is 0 Å². The fourth-order valence-corrected chi connectivity index (χ4v) is 3.03. The second kappa shape index (κ2) is 4.30. The van der Waals surface area contributed by atoms with Crippen LogP contribution in [0.2, 0.25) is 0 Å². The zero-order valence-electron chi connectivity index (χ0n) is 8.23. The lowest BCUT2D eigenvalue weighted by molar-refractivity contribution is 0.234. The quantitative estimate of drug-likeness (QED) is 0.507. The number of hydrogen-bond acceptors (Lipinski definition) is 0. The lowest BCUT2D eigenvalue weighted by Gasteiger charge is -2.29. The lowest BCUT2D eigenvalue weighted by atomic mass is 9.77.